The molecule has 0 saturated carbocycles. The maximum Gasteiger partial charge on any atom is 0.0805 e. The van der Waals surface area contributed by atoms with E-state index in [2.05, 4.69) is 24.0 Å². The van der Waals surface area contributed by atoms with Crippen LogP contribution in [0.4, 0.5) is 0 Å². The number of benzene rings is 1. The van der Waals surface area contributed by atoms with Crippen LogP contribution in [0, 0.1) is 0 Å². The van der Waals surface area contributed by atoms with Crippen molar-refractivity contribution in [3.05, 3.63) is 34.9 Å². The highest BCUT2D eigenvalue weighted by molar-refractivity contribution is 5.38. The molecule has 3 N–H and O–H groups in total. The van der Waals surface area contributed by atoms with Crippen molar-refractivity contribution in [1.82, 2.24) is 4.90 Å². The van der Waals surface area contributed by atoms with Crippen molar-refractivity contribution in [2.45, 2.75) is 32.4 Å². The lowest BCUT2D eigenvalue weighted by Crippen LogP contribution is -2.31. The zero-order valence-electron chi connectivity index (χ0n) is 10.5. The predicted octanol–water partition coefficient (Wildman–Crippen LogP) is 1.45. The Balaban J connectivity index is 2.28. The molecule has 0 aliphatic carbocycles. The van der Waals surface area contributed by atoms with Gasteiger partial charge in [0.2, 0.25) is 0 Å². The first-order valence-corrected chi connectivity index (χ1v) is 6.47. The van der Waals surface area contributed by atoms with Crippen LogP contribution in [0.1, 0.15) is 36.1 Å². The van der Waals surface area contributed by atoms with Crippen LogP contribution in [-0.2, 0) is 13.0 Å². The molecule has 0 bridgehead atoms. The highest BCUT2D eigenvalue weighted by Gasteiger charge is 2.20. The maximum absolute atomic E-state index is 10.1. The molecule has 1 aromatic carbocycles. The van der Waals surface area contributed by atoms with E-state index < -0.39 is 6.10 Å². The fraction of sp³-hybridized carbons (Fsp3) is 0.571. The van der Waals surface area contributed by atoms with E-state index in [9.17, 15) is 5.11 Å². The molecule has 1 aliphatic heterocycles. The smallest absolute Gasteiger partial charge is 0.0805 e. The van der Waals surface area contributed by atoms with E-state index in [0.29, 0.717) is 13.0 Å². The van der Waals surface area contributed by atoms with Gasteiger partial charge in [-0.1, -0.05) is 25.1 Å². The lowest BCUT2D eigenvalue weighted by molar-refractivity contribution is 0.166. The Morgan fingerprint density at radius 3 is 3.00 bits per heavy atom. The van der Waals surface area contributed by atoms with Crippen molar-refractivity contribution >= 4 is 0 Å². The molecule has 2 rings (SSSR count). The molecule has 3 heteroatoms. The Hall–Kier alpha value is -0.900. The van der Waals surface area contributed by atoms with Crippen molar-refractivity contribution in [2.24, 2.45) is 5.73 Å². The number of hydrogen-bond acceptors (Lipinski definition) is 3. The van der Waals surface area contributed by atoms with Crippen LogP contribution in [0.2, 0.25) is 0 Å². The summed E-state index contributed by atoms with van der Waals surface area (Å²) in [4.78, 5) is 2.42. The van der Waals surface area contributed by atoms with Gasteiger partial charge in [0.25, 0.3) is 0 Å². The summed E-state index contributed by atoms with van der Waals surface area (Å²) < 4.78 is 0. The van der Waals surface area contributed by atoms with Crippen LogP contribution in [0.5, 0.6) is 0 Å². The molecule has 0 amide bonds. The minimum Gasteiger partial charge on any atom is -0.388 e. The molecule has 17 heavy (non-hydrogen) atoms. The molecule has 1 unspecified atom stereocenters. The molecule has 0 aromatic heterocycles. The minimum absolute atomic E-state index is 0.410. The van der Waals surface area contributed by atoms with Gasteiger partial charge in [0.05, 0.1) is 6.10 Å². The van der Waals surface area contributed by atoms with Gasteiger partial charge in [0.15, 0.2) is 0 Å². The summed E-state index contributed by atoms with van der Waals surface area (Å²) in [5, 5.41) is 10.1. The third-order valence-electron chi connectivity index (χ3n) is 3.63. The number of hydrogen-bond donors (Lipinski definition) is 2. The summed E-state index contributed by atoms with van der Waals surface area (Å²) in [5.41, 5.74) is 9.31. The summed E-state index contributed by atoms with van der Waals surface area (Å²) in [6.07, 6.45) is 1.32. The van der Waals surface area contributed by atoms with Crippen molar-refractivity contribution in [1.29, 1.82) is 0 Å². The molecule has 0 fully saturated rings. The molecule has 0 spiro atoms. The van der Waals surface area contributed by atoms with Crippen LogP contribution in [0.3, 0.4) is 0 Å². The number of nitrogens with zero attached hydrogens (tertiary/aromatic N) is 1. The molecule has 0 radical (unpaired) electrons. The van der Waals surface area contributed by atoms with E-state index in [1.54, 1.807) is 0 Å². The zero-order chi connectivity index (χ0) is 12.3. The van der Waals surface area contributed by atoms with Gasteiger partial charge in [-0.3, -0.25) is 4.90 Å². The van der Waals surface area contributed by atoms with E-state index >= 15 is 0 Å². The second-order valence-electron chi connectivity index (χ2n) is 4.70. The van der Waals surface area contributed by atoms with E-state index in [1.165, 1.54) is 11.1 Å². The number of aliphatic hydroxyl groups excluding tert-OH is 1. The third-order valence-corrected chi connectivity index (χ3v) is 3.63. The van der Waals surface area contributed by atoms with Gasteiger partial charge in [0, 0.05) is 13.1 Å². The predicted molar refractivity (Wildman–Crippen MR) is 69.7 cm³/mol. The summed E-state index contributed by atoms with van der Waals surface area (Å²) in [7, 11) is 0. The van der Waals surface area contributed by atoms with Gasteiger partial charge in [-0.15, -0.1) is 0 Å². The van der Waals surface area contributed by atoms with Gasteiger partial charge in [0.1, 0.15) is 0 Å². The van der Waals surface area contributed by atoms with Gasteiger partial charge in [-0.05, 0) is 42.6 Å². The van der Waals surface area contributed by atoms with E-state index in [4.69, 9.17) is 5.73 Å². The van der Waals surface area contributed by atoms with Crippen LogP contribution in [0.25, 0.3) is 0 Å². The average Bonchev–Trinajstić information content (AvgIpc) is 2.37. The van der Waals surface area contributed by atoms with E-state index in [-0.39, 0.29) is 0 Å². The molecule has 3 nitrogen and oxygen atoms in total. The first-order valence-electron chi connectivity index (χ1n) is 6.47. The van der Waals surface area contributed by atoms with Crippen LogP contribution in [-0.4, -0.2) is 29.6 Å². The Labute approximate surface area is 103 Å². The van der Waals surface area contributed by atoms with Crippen molar-refractivity contribution in [3.63, 3.8) is 0 Å². The van der Waals surface area contributed by atoms with E-state index in [0.717, 1.165) is 31.6 Å². The number of nitrogens with two attached hydrogens (primary N) is 1. The Bertz CT molecular complexity index is 378. The largest absolute Gasteiger partial charge is 0.388 e. The second kappa shape index (κ2) is 5.63. The molecule has 1 aliphatic rings. The monoisotopic (exact) mass is 234 g/mol. The van der Waals surface area contributed by atoms with Crippen molar-refractivity contribution in [2.75, 3.05) is 19.6 Å². The fourth-order valence-corrected chi connectivity index (χ4v) is 2.56. The van der Waals surface area contributed by atoms with Crippen LogP contribution < -0.4 is 5.73 Å². The third kappa shape index (κ3) is 2.68. The van der Waals surface area contributed by atoms with Gasteiger partial charge in [-0.2, -0.15) is 0 Å². The second-order valence-corrected chi connectivity index (χ2v) is 4.70. The van der Waals surface area contributed by atoms with Crippen LogP contribution >= 0.6 is 0 Å². The first kappa shape index (κ1) is 12.6. The quantitative estimate of drug-likeness (QED) is 0.829. The molecule has 1 heterocycles. The summed E-state index contributed by atoms with van der Waals surface area (Å²) >= 11 is 0. The highest BCUT2D eigenvalue weighted by atomic mass is 16.3. The first-order chi connectivity index (χ1) is 8.26. The number of likely N-dealkylation sites (N-methyl/N-ethyl adjacent to an activating group) is 1. The maximum atomic E-state index is 10.1. The molecular weight excluding hydrogens is 212 g/mol. The lowest BCUT2D eigenvalue weighted by atomic mass is 9.91. The average molecular weight is 234 g/mol. The number of rotatable bonds is 4. The fourth-order valence-electron chi connectivity index (χ4n) is 2.56. The lowest BCUT2D eigenvalue weighted by Gasteiger charge is -2.30. The summed E-state index contributed by atoms with van der Waals surface area (Å²) in [6, 6.07) is 6.27. The minimum atomic E-state index is -0.410. The molecule has 94 valence electrons. The number of fused-ring (bicyclic) bond motifs is 1. The van der Waals surface area contributed by atoms with Crippen molar-refractivity contribution < 1.29 is 5.11 Å². The van der Waals surface area contributed by atoms with Gasteiger partial charge in [-0.25, -0.2) is 0 Å². The normalized spacial score (nSPS) is 17.8. The zero-order valence-corrected chi connectivity index (χ0v) is 10.5. The Morgan fingerprint density at radius 2 is 2.29 bits per heavy atom. The summed E-state index contributed by atoms with van der Waals surface area (Å²) in [6.45, 7) is 5.87. The van der Waals surface area contributed by atoms with E-state index in [1.807, 2.05) is 6.07 Å². The SMILES string of the molecule is CCN1CCc2cccc(C(O)CCN)c2C1. The van der Waals surface area contributed by atoms with Gasteiger partial charge >= 0.3 is 0 Å². The highest BCUT2D eigenvalue weighted by Crippen LogP contribution is 2.28. The molecule has 1 atom stereocenters. The van der Waals surface area contributed by atoms with Crippen LogP contribution in [0.15, 0.2) is 18.2 Å². The van der Waals surface area contributed by atoms with Gasteiger partial charge < -0.3 is 10.8 Å². The Morgan fingerprint density at radius 1 is 1.47 bits per heavy atom. The summed E-state index contributed by atoms with van der Waals surface area (Å²) in [5.74, 6) is 0. The molecule has 1 aromatic rings. The van der Waals surface area contributed by atoms with Crippen molar-refractivity contribution in [3.8, 4) is 0 Å². The Kier molecular flexibility index (Phi) is 4.15. The standard InChI is InChI=1S/C14H22N2O/c1-2-16-9-7-11-4-3-5-12(13(11)10-16)14(17)6-8-15/h3-5,14,17H,2,6-10,15H2,1H3. The number of aliphatic hydroxyl groups is 1. The molecular formula is C14H22N2O. The molecule has 0 saturated heterocycles. The topological polar surface area (TPSA) is 49.5 Å².